The van der Waals surface area contributed by atoms with Gasteiger partial charge in [0.05, 0.1) is 6.10 Å². The van der Waals surface area contributed by atoms with Crippen LogP contribution in [0.1, 0.15) is 33.7 Å². The Labute approximate surface area is 232 Å². The number of nitrogens with zero attached hydrogens (tertiary/aromatic N) is 2. The van der Waals surface area contributed by atoms with E-state index in [2.05, 4.69) is 20.2 Å². The molecule has 1 fully saturated rings. The molecule has 0 saturated carbocycles. The summed E-state index contributed by atoms with van der Waals surface area (Å²) in [5.41, 5.74) is 6.66. The Morgan fingerprint density at radius 2 is 1.70 bits per heavy atom. The van der Waals surface area contributed by atoms with Crippen LogP contribution in [-0.2, 0) is 0 Å². The lowest BCUT2D eigenvalue weighted by atomic mass is 10.0. The molecule has 3 aromatic carbocycles. The molecule has 1 aliphatic rings. The van der Waals surface area contributed by atoms with E-state index < -0.39 is 0 Å². The normalized spacial score (nSPS) is 13.9. The monoisotopic (exact) mass is 533 g/mol. The largest absolute Gasteiger partial charge is 0.393 e. The van der Waals surface area contributed by atoms with Gasteiger partial charge in [0.2, 0.25) is 0 Å². The zero-order valence-corrected chi connectivity index (χ0v) is 22.2. The van der Waals surface area contributed by atoms with Crippen molar-refractivity contribution in [2.75, 3.05) is 35.3 Å². The lowest BCUT2D eigenvalue weighted by Gasteiger charge is -2.31. The number of hydrogen-bond donors (Lipinski definition) is 4. The van der Waals surface area contributed by atoms with E-state index in [1.54, 1.807) is 30.3 Å². The van der Waals surface area contributed by atoms with E-state index >= 15 is 0 Å². The third kappa shape index (κ3) is 5.09. The summed E-state index contributed by atoms with van der Waals surface area (Å²) in [5, 5.41) is 13.7. The second-order valence-corrected chi connectivity index (χ2v) is 10.2. The molecule has 0 spiro atoms. The molecule has 3 heterocycles. The number of amides is 2. The number of aliphatic hydroxyl groups excluding tert-OH is 1. The zero-order chi connectivity index (χ0) is 27.6. The molecule has 6 rings (SSSR count). The second-order valence-electron chi connectivity index (χ2n) is 10.2. The maximum atomic E-state index is 12.9. The molecule has 1 saturated heterocycles. The molecular weight excluding hydrogens is 502 g/mol. The molecule has 0 unspecified atom stereocenters. The maximum absolute atomic E-state index is 12.9. The van der Waals surface area contributed by atoms with Gasteiger partial charge in [0, 0.05) is 71.6 Å². The van der Waals surface area contributed by atoms with Gasteiger partial charge in [0.25, 0.3) is 11.8 Å². The molecule has 5 aromatic rings. The van der Waals surface area contributed by atoms with E-state index in [1.807, 2.05) is 72.9 Å². The fourth-order valence-electron chi connectivity index (χ4n) is 5.21. The number of fused-ring (bicyclic) bond motifs is 1. The number of H-pyrrole nitrogens is 2. The lowest BCUT2D eigenvalue weighted by molar-refractivity contribution is 0.0987. The highest BCUT2D eigenvalue weighted by molar-refractivity contribution is 6.07. The van der Waals surface area contributed by atoms with E-state index in [1.165, 1.54) is 0 Å². The zero-order valence-electron chi connectivity index (χ0n) is 22.2. The number of piperidine rings is 1. The van der Waals surface area contributed by atoms with Crippen molar-refractivity contribution in [3.05, 3.63) is 103 Å². The van der Waals surface area contributed by atoms with Gasteiger partial charge in [-0.3, -0.25) is 9.59 Å². The average Bonchev–Trinajstić information content (AvgIpc) is 3.68. The number of carbonyl (C=O) groups is 2. The summed E-state index contributed by atoms with van der Waals surface area (Å²) in [7, 11) is 1.76. The second kappa shape index (κ2) is 10.7. The number of aliphatic hydroxyl groups is 1. The first-order chi connectivity index (χ1) is 19.5. The fourth-order valence-corrected chi connectivity index (χ4v) is 5.21. The maximum Gasteiger partial charge on any atom is 0.274 e. The molecule has 4 N–H and O–H groups in total. The number of aromatic nitrogens is 2. The molecule has 0 bridgehead atoms. The Kier molecular flexibility index (Phi) is 6.84. The number of benzene rings is 3. The van der Waals surface area contributed by atoms with E-state index in [4.69, 9.17) is 0 Å². The van der Waals surface area contributed by atoms with Crippen molar-refractivity contribution in [3.63, 3.8) is 0 Å². The van der Waals surface area contributed by atoms with Gasteiger partial charge in [0.1, 0.15) is 5.69 Å². The topological polar surface area (TPSA) is 104 Å². The molecular formula is C32H31N5O3. The SMILES string of the molecule is CN(C(=O)c1ccc[nH]1)c1ccc2c(-c3ccc(C(=O)Nc4ccc(N5CCC(O)CC5)cc4)cc3)c[nH]c2c1. The van der Waals surface area contributed by atoms with Crippen LogP contribution in [0, 0.1) is 0 Å². The Bertz CT molecular complexity index is 1630. The lowest BCUT2D eigenvalue weighted by Crippen LogP contribution is -2.35. The van der Waals surface area contributed by atoms with Crippen LogP contribution in [0.3, 0.4) is 0 Å². The number of hydrogen-bond acceptors (Lipinski definition) is 4. The van der Waals surface area contributed by atoms with Gasteiger partial charge in [-0.25, -0.2) is 0 Å². The molecule has 40 heavy (non-hydrogen) atoms. The van der Waals surface area contributed by atoms with Gasteiger partial charge in [-0.05, 0) is 79.1 Å². The third-order valence-electron chi connectivity index (χ3n) is 7.60. The van der Waals surface area contributed by atoms with Crippen LogP contribution in [0.2, 0.25) is 0 Å². The van der Waals surface area contributed by atoms with Gasteiger partial charge >= 0.3 is 0 Å². The fraction of sp³-hybridized carbons (Fsp3) is 0.188. The Morgan fingerprint density at radius 3 is 2.40 bits per heavy atom. The predicted octanol–water partition coefficient (Wildman–Crippen LogP) is 5.65. The Morgan fingerprint density at radius 1 is 0.950 bits per heavy atom. The van der Waals surface area contributed by atoms with E-state index in [0.29, 0.717) is 11.3 Å². The molecule has 2 aromatic heterocycles. The summed E-state index contributed by atoms with van der Waals surface area (Å²) < 4.78 is 0. The highest BCUT2D eigenvalue weighted by atomic mass is 16.3. The smallest absolute Gasteiger partial charge is 0.274 e. The van der Waals surface area contributed by atoms with Crippen molar-refractivity contribution >= 4 is 39.8 Å². The highest BCUT2D eigenvalue weighted by Gasteiger charge is 2.18. The van der Waals surface area contributed by atoms with Gasteiger partial charge in [-0.1, -0.05) is 18.2 Å². The van der Waals surface area contributed by atoms with Gasteiger partial charge in [0.15, 0.2) is 0 Å². The molecule has 0 aliphatic carbocycles. The molecule has 2 amide bonds. The summed E-state index contributed by atoms with van der Waals surface area (Å²) >= 11 is 0. The molecule has 1 aliphatic heterocycles. The first kappa shape index (κ1) is 25.5. The Balaban J connectivity index is 1.13. The summed E-state index contributed by atoms with van der Waals surface area (Å²) in [4.78, 5) is 35.7. The van der Waals surface area contributed by atoms with E-state index in [-0.39, 0.29) is 17.9 Å². The van der Waals surface area contributed by atoms with Crippen molar-refractivity contribution in [2.24, 2.45) is 0 Å². The first-order valence-corrected chi connectivity index (χ1v) is 13.4. The van der Waals surface area contributed by atoms with Crippen molar-refractivity contribution in [1.82, 2.24) is 9.97 Å². The summed E-state index contributed by atoms with van der Waals surface area (Å²) in [6, 6.07) is 24.8. The number of aromatic amines is 2. The van der Waals surface area contributed by atoms with Gasteiger partial charge < -0.3 is 30.2 Å². The van der Waals surface area contributed by atoms with Gasteiger partial charge in [-0.2, -0.15) is 0 Å². The van der Waals surface area contributed by atoms with Crippen LogP contribution < -0.4 is 15.1 Å². The molecule has 0 atom stereocenters. The van der Waals surface area contributed by atoms with Crippen LogP contribution >= 0.6 is 0 Å². The number of nitrogens with one attached hydrogen (secondary N) is 3. The van der Waals surface area contributed by atoms with Crippen molar-refractivity contribution in [2.45, 2.75) is 18.9 Å². The minimum absolute atomic E-state index is 0.108. The molecule has 202 valence electrons. The van der Waals surface area contributed by atoms with Crippen molar-refractivity contribution in [1.29, 1.82) is 0 Å². The minimum Gasteiger partial charge on any atom is -0.393 e. The third-order valence-corrected chi connectivity index (χ3v) is 7.60. The van der Waals surface area contributed by atoms with E-state index in [9.17, 15) is 14.7 Å². The van der Waals surface area contributed by atoms with Crippen LogP contribution in [0.15, 0.2) is 91.3 Å². The standard InChI is InChI=1S/C32H31N5O3/c1-36(32(40)29-3-2-16-33-29)25-12-13-27-28(20-34-30(27)19-25)21-4-6-22(7-5-21)31(39)35-23-8-10-24(11-9-23)37-17-14-26(38)15-18-37/h2-13,16,19-20,26,33-34,38H,14-15,17-18H2,1H3,(H,35,39). The Hall–Kier alpha value is -4.82. The molecule has 8 heteroatoms. The summed E-state index contributed by atoms with van der Waals surface area (Å²) in [6.45, 7) is 1.67. The number of rotatable bonds is 6. The highest BCUT2D eigenvalue weighted by Crippen LogP contribution is 2.31. The number of anilines is 3. The summed E-state index contributed by atoms with van der Waals surface area (Å²) in [5.74, 6) is -0.276. The minimum atomic E-state index is -0.204. The predicted molar refractivity (Wildman–Crippen MR) is 159 cm³/mol. The van der Waals surface area contributed by atoms with Crippen molar-refractivity contribution in [3.8, 4) is 11.1 Å². The molecule has 0 radical (unpaired) electrons. The van der Waals surface area contributed by atoms with Crippen LogP contribution in [0.4, 0.5) is 17.1 Å². The van der Waals surface area contributed by atoms with Crippen LogP contribution in [0.5, 0.6) is 0 Å². The first-order valence-electron chi connectivity index (χ1n) is 13.4. The van der Waals surface area contributed by atoms with Crippen LogP contribution in [0.25, 0.3) is 22.0 Å². The molecule has 8 nitrogen and oxygen atoms in total. The van der Waals surface area contributed by atoms with Crippen LogP contribution in [-0.4, -0.2) is 53.1 Å². The average molecular weight is 534 g/mol. The van der Waals surface area contributed by atoms with Gasteiger partial charge in [-0.15, -0.1) is 0 Å². The van der Waals surface area contributed by atoms with E-state index in [0.717, 1.165) is 65.0 Å². The number of carbonyl (C=O) groups excluding carboxylic acids is 2. The van der Waals surface area contributed by atoms with Crippen molar-refractivity contribution < 1.29 is 14.7 Å². The quantitative estimate of drug-likeness (QED) is 0.226. The summed E-state index contributed by atoms with van der Waals surface area (Å²) in [6.07, 6.45) is 5.03.